The first kappa shape index (κ1) is 25.9. The van der Waals surface area contributed by atoms with Crippen LogP contribution in [0.2, 0.25) is 0 Å². The van der Waals surface area contributed by atoms with Crippen molar-refractivity contribution in [2.45, 2.75) is 44.8 Å². The Morgan fingerprint density at radius 3 is 2.66 bits per heavy atom. The van der Waals surface area contributed by atoms with Gasteiger partial charge in [0.05, 0.1) is 36.8 Å². The Labute approximate surface area is 224 Å². The standard InChI is InChI=1S/C29H37N6O3/c1-29(2,36)19-34-15-12-20(13-16-34)21-8-10-24(26(17-21)37-4)31-28-32-35-22(18-33(28)3)9-11-25(35)23-7-6-14-30-27(23)38-5/h6-11,14,17,20,36H,3,12-13,15-16,18-19H2,1-2,4-5H3,(H,31,32)/q+1. The zero-order chi connectivity index (χ0) is 26.9. The van der Waals surface area contributed by atoms with Crippen LogP contribution in [0.25, 0.3) is 11.3 Å². The van der Waals surface area contributed by atoms with Gasteiger partial charge in [-0.2, -0.15) is 5.43 Å². The molecule has 0 bridgehead atoms. The van der Waals surface area contributed by atoms with Crippen molar-refractivity contribution in [2.24, 2.45) is 4.99 Å². The normalized spacial score (nSPS) is 17.8. The third-order valence-corrected chi connectivity index (χ3v) is 7.17. The lowest BCUT2D eigenvalue weighted by Gasteiger charge is -2.35. The molecule has 5 rings (SSSR count). The Hall–Kier alpha value is -3.69. The van der Waals surface area contributed by atoms with Crippen molar-refractivity contribution in [2.75, 3.05) is 39.3 Å². The van der Waals surface area contributed by atoms with Crippen molar-refractivity contribution in [3.8, 4) is 22.9 Å². The molecule has 38 heavy (non-hydrogen) atoms. The number of β-amino-alcohol motifs (C(OH)–C–C–N with tert-alkyl or cyclic N) is 1. The predicted molar refractivity (Wildman–Crippen MR) is 149 cm³/mol. The number of likely N-dealkylation sites (tertiary alicyclic amines) is 1. The fourth-order valence-electron chi connectivity index (χ4n) is 5.36. The summed E-state index contributed by atoms with van der Waals surface area (Å²) in [4.78, 5) is 11.6. The first-order chi connectivity index (χ1) is 18.3. The fraction of sp³-hybridized carbons (Fsp3) is 0.414. The van der Waals surface area contributed by atoms with E-state index in [-0.39, 0.29) is 0 Å². The van der Waals surface area contributed by atoms with E-state index in [2.05, 4.69) is 40.2 Å². The average Bonchev–Trinajstić information content (AvgIpc) is 3.30. The number of hydrogen-bond acceptors (Lipinski definition) is 6. The number of rotatable bonds is 7. The molecule has 0 unspecified atom stereocenters. The Morgan fingerprint density at radius 1 is 1.16 bits per heavy atom. The molecule has 1 saturated heterocycles. The molecule has 0 amide bonds. The minimum atomic E-state index is -0.668. The van der Waals surface area contributed by atoms with Gasteiger partial charge >= 0.3 is 5.96 Å². The Balaban J connectivity index is 1.37. The summed E-state index contributed by atoms with van der Waals surface area (Å²) >= 11 is 0. The molecule has 2 aliphatic heterocycles. The topological polar surface area (TPSA) is 87.2 Å². The van der Waals surface area contributed by atoms with Crippen LogP contribution >= 0.6 is 0 Å². The average molecular weight is 518 g/mol. The van der Waals surface area contributed by atoms with E-state index in [1.54, 1.807) is 20.4 Å². The van der Waals surface area contributed by atoms with Crippen LogP contribution < -0.4 is 14.9 Å². The lowest BCUT2D eigenvalue weighted by atomic mass is 9.88. The second-order valence-corrected chi connectivity index (χ2v) is 10.6. The maximum Gasteiger partial charge on any atom is 0.414 e. The van der Waals surface area contributed by atoms with Crippen molar-refractivity contribution < 1.29 is 19.2 Å². The number of piperidine rings is 1. The Kier molecular flexibility index (Phi) is 7.23. The zero-order valence-corrected chi connectivity index (χ0v) is 22.6. The van der Waals surface area contributed by atoms with E-state index in [0.717, 1.165) is 54.3 Å². The molecule has 2 N–H and O–H groups in total. The summed E-state index contributed by atoms with van der Waals surface area (Å²) in [5.74, 6) is 2.37. The van der Waals surface area contributed by atoms with Crippen molar-refractivity contribution >= 4 is 18.4 Å². The van der Waals surface area contributed by atoms with Crippen LogP contribution in [0.4, 0.5) is 5.69 Å². The number of pyridine rings is 1. The molecule has 0 atom stereocenters. The summed E-state index contributed by atoms with van der Waals surface area (Å²) in [7, 11) is 3.31. The van der Waals surface area contributed by atoms with Crippen molar-refractivity contribution in [1.82, 2.24) is 14.6 Å². The molecule has 3 aromatic rings. The lowest BCUT2D eigenvalue weighted by molar-refractivity contribution is -0.422. The predicted octanol–water partition coefficient (Wildman–Crippen LogP) is 3.98. The van der Waals surface area contributed by atoms with Gasteiger partial charge in [-0.15, -0.1) is 0 Å². The number of fused-ring (bicyclic) bond motifs is 1. The van der Waals surface area contributed by atoms with E-state index in [9.17, 15) is 5.11 Å². The van der Waals surface area contributed by atoms with E-state index in [1.165, 1.54) is 5.56 Å². The number of ether oxygens (including phenoxy) is 2. The van der Waals surface area contributed by atoms with E-state index >= 15 is 0 Å². The summed E-state index contributed by atoms with van der Waals surface area (Å²) in [5, 5.41) is 10.2. The zero-order valence-electron chi connectivity index (χ0n) is 22.6. The van der Waals surface area contributed by atoms with Gasteiger partial charge in [0, 0.05) is 19.5 Å². The molecule has 1 aromatic carbocycles. The van der Waals surface area contributed by atoms with E-state index < -0.39 is 5.60 Å². The molecular formula is C29H37N6O3+. The van der Waals surface area contributed by atoms with Gasteiger partial charge in [0.1, 0.15) is 6.54 Å². The number of benzene rings is 1. The highest BCUT2D eigenvalue weighted by molar-refractivity contribution is 5.86. The van der Waals surface area contributed by atoms with Gasteiger partial charge in [-0.05, 0) is 87.7 Å². The molecule has 9 heteroatoms. The highest BCUT2D eigenvalue weighted by atomic mass is 16.5. The molecule has 2 aliphatic rings. The van der Waals surface area contributed by atoms with E-state index in [4.69, 9.17) is 14.5 Å². The monoisotopic (exact) mass is 517 g/mol. The second kappa shape index (κ2) is 10.6. The Bertz CT molecular complexity index is 1350. The minimum absolute atomic E-state index is 0.459. The number of aliphatic hydroxyl groups is 1. The first-order valence-electron chi connectivity index (χ1n) is 13.0. The summed E-state index contributed by atoms with van der Waals surface area (Å²) in [6, 6.07) is 14.3. The number of nitrogens with one attached hydrogen (secondary N) is 1. The van der Waals surface area contributed by atoms with Crippen LogP contribution in [0.5, 0.6) is 11.6 Å². The maximum absolute atomic E-state index is 10.2. The number of aliphatic imine (C=N–C) groups is 1. The van der Waals surface area contributed by atoms with Crippen LogP contribution in [-0.4, -0.2) is 76.4 Å². The number of nitrogens with zero attached hydrogens (tertiary/aromatic N) is 5. The number of aromatic nitrogens is 2. The highest BCUT2D eigenvalue weighted by Crippen LogP contribution is 2.36. The van der Waals surface area contributed by atoms with Gasteiger partial charge in [-0.3, -0.25) is 0 Å². The van der Waals surface area contributed by atoms with Gasteiger partial charge in [-0.1, -0.05) is 11.1 Å². The molecule has 2 aromatic heterocycles. The van der Waals surface area contributed by atoms with Crippen LogP contribution in [0, 0.1) is 0 Å². The first-order valence-corrected chi connectivity index (χ1v) is 13.0. The Morgan fingerprint density at radius 2 is 1.95 bits per heavy atom. The smallest absolute Gasteiger partial charge is 0.414 e. The summed E-state index contributed by atoms with van der Waals surface area (Å²) in [6.07, 6.45) is 3.83. The summed E-state index contributed by atoms with van der Waals surface area (Å²) in [6.45, 7) is 11.2. The molecule has 4 heterocycles. The van der Waals surface area contributed by atoms with Crippen molar-refractivity contribution in [3.05, 3.63) is 59.9 Å². The van der Waals surface area contributed by atoms with Crippen LogP contribution in [-0.2, 0) is 6.54 Å². The lowest BCUT2D eigenvalue weighted by Crippen LogP contribution is -2.42. The highest BCUT2D eigenvalue weighted by Gasteiger charge is 2.29. The molecule has 0 spiro atoms. The van der Waals surface area contributed by atoms with Gasteiger partial charge in [0.2, 0.25) is 5.88 Å². The number of guanidine groups is 1. The molecule has 200 valence electrons. The van der Waals surface area contributed by atoms with E-state index in [1.807, 2.05) is 47.4 Å². The molecule has 1 fully saturated rings. The largest absolute Gasteiger partial charge is 0.493 e. The summed E-state index contributed by atoms with van der Waals surface area (Å²) < 4.78 is 15.1. The molecular weight excluding hydrogens is 480 g/mol. The number of hydrogen-bond donors (Lipinski definition) is 2. The third-order valence-electron chi connectivity index (χ3n) is 7.17. The minimum Gasteiger partial charge on any atom is -0.493 e. The van der Waals surface area contributed by atoms with Gasteiger partial charge in [0.25, 0.3) is 0 Å². The van der Waals surface area contributed by atoms with Crippen molar-refractivity contribution in [3.63, 3.8) is 0 Å². The van der Waals surface area contributed by atoms with Gasteiger partial charge in [0.15, 0.2) is 11.4 Å². The SMILES string of the molecule is C=[N+]1Cc2ccc(-c3cccnc3OC)n2NC1=Nc1ccc(C2CCN(CC(C)(C)O)CC2)cc1OC. The molecule has 0 radical (unpaired) electrons. The second-order valence-electron chi connectivity index (χ2n) is 10.6. The van der Waals surface area contributed by atoms with Crippen LogP contribution in [0.1, 0.15) is 43.9 Å². The fourth-order valence-corrected chi connectivity index (χ4v) is 5.36. The van der Waals surface area contributed by atoms with Gasteiger partial charge in [-0.25, -0.2) is 14.2 Å². The maximum atomic E-state index is 10.2. The third kappa shape index (κ3) is 5.44. The molecule has 9 nitrogen and oxygen atoms in total. The van der Waals surface area contributed by atoms with Crippen LogP contribution in [0.3, 0.4) is 0 Å². The quantitative estimate of drug-likeness (QED) is 0.461. The van der Waals surface area contributed by atoms with E-state index in [0.29, 0.717) is 30.8 Å². The number of methoxy groups -OCH3 is 2. The molecule has 0 aliphatic carbocycles. The van der Waals surface area contributed by atoms with Crippen LogP contribution in [0.15, 0.2) is 53.7 Å². The molecule has 0 saturated carbocycles. The van der Waals surface area contributed by atoms with Gasteiger partial charge < -0.3 is 19.5 Å². The van der Waals surface area contributed by atoms with Crippen molar-refractivity contribution in [1.29, 1.82) is 0 Å². The summed E-state index contributed by atoms with van der Waals surface area (Å²) in [5.41, 5.74) is 7.62.